The van der Waals surface area contributed by atoms with Crippen LogP contribution in [0.5, 0.6) is 0 Å². The SMILES string of the molecule is CC(C)CNC(=O)Cc1csc(CN2CCOCC2)n1. The number of hydrogen-bond acceptors (Lipinski definition) is 5. The van der Waals surface area contributed by atoms with E-state index < -0.39 is 0 Å². The minimum Gasteiger partial charge on any atom is -0.379 e. The molecule has 5 nitrogen and oxygen atoms in total. The number of ether oxygens (including phenoxy) is 1. The number of morpholine rings is 1. The summed E-state index contributed by atoms with van der Waals surface area (Å²) < 4.78 is 5.33. The van der Waals surface area contributed by atoms with Gasteiger partial charge in [0.1, 0.15) is 5.01 Å². The Kier molecular flexibility index (Phi) is 5.94. The van der Waals surface area contributed by atoms with Crippen LogP contribution in [-0.4, -0.2) is 48.6 Å². The van der Waals surface area contributed by atoms with Crippen molar-refractivity contribution in [1.29, 1.82) is 0 Å². The number of carbonyl (C=O) groups excluding carboxylic acids is 1. The molecule has 0 unspecified atom stereocenters. The Hall–Kier alpha value is -0.980. The zero-order chi connectivity index (χ0) is 14.4. The van der Waals surface area contributed by atoms with Gasteiger partial charge in [-0.3, -0.25) is 9.69 Å². The van der Waals surface area contributed by atoms with Crippen molar-refractivity contribution in [3.05, 3.63) is 16.1 Å². The van der Waals surface area contributed by atoms with Crippen LogP contribution in [0.2, 0.25) is 0 Å². The van der Waals surface area contributed by atoms with Crippen molar-refractivity contribution in [1.82, 2.24) is 15.2 Å². The third kappa shape index (κ3) is 5.19. The molecule has 0 saturated carbocycles. The highest BCUT2D eigenvalue weighted by atomic mass is 32.1. The summed E-state index contributed by atoms with van der Waals surface area (Å²) in [5.74, 6) is 0.535. The quantitative estimate of drug-likeness (QED) is 0.860. The molecule has 1 fully saturated rings. The lowest BCUT2D eigenvalue weighted by Gasteiger charge is -2.25. The molecule has 0 aliphatic carbocycles. The van der Waals surface area contributed by atoms with Crippen molar-refractivity contribution in [3.63, 3.8) is 0 Å². The molecule has 1 amide bonds. The van der Waals surface area contributed by atoms with E-state index in [1.807, 2.05) is 5.38 Å². The number of nitrogens with zero attached hydrogens (tertiary/aromatic N) is 2. The van der Waals surface area contributed by atoms with Gasteiger partial charge in [0.25, 0.3) is 0 Å². The van der Waals surface area contributed by atoms with Crippen LogP contribution in [0.15, 0.2) is 5.38 Å². The molecule has 0 aromatic carbocycles. The number of rotatable bonds is 6. The van der Waals surface area contributed by atoms with Crippen molar-refractivity contribution in [3.8, 4) is 0 Å². The fourth-order valence-electron chi connectivity index (χ4n) is 2.00. The first-order chi connectivity index (χ1) is 9.63. The zero-order valence-electron chi connectivity index (χ0n) is 12.2. The average molecular weight is 297 g/mol. The third-order valence-electron chi connectivity index (χ3n) is 3.11. The maximum atomic E-state index is 11.7. The molecule has 1 N–H and O–H groups in total. The van der Waals surface area contributed by atoms with Gasteiger partial charge in [0, 0.05) is 25.0 Å². The Bertz CT molecular complexity index is 428. The Labute approximate surface area is 124 Å². The van der Waals surface area contributed by atoms with Crippen molar-refractivity contribution < 1.29 is 9.53 Å². The van der Waals surface area contributed by atoms with Gasteiger partial charge in [-0.25, -0.2) is 4.98 Å². The predicted molar refractivity (Wildman–Crippen MR) is 79.8 cm³/mol. The number of nitrogens with one attached hydrogen (secondary N) is 1. The van der Waals surface area contributed by atoms with Crippen LogP contribution in [0.1, 0.15) is 24.5 Å². The summed E-state index contributed by atoms with van der Waals surface area (Å²) in [5, 5.41) is 5.99. The normalized spacial score (nSPS) is 16.6. The van der Waals surface area contributed by atoms with Crippen LogP contribution in [0.3, 0.4) is 0 Å². The second-order valence-electron chi connectivity index (χ2n) is 5.50. The van der Waals surface area contributed by atoms with E-state index in [1.54, 1.807) is 11.3 Å². The van der Waals surface area contributed by atoms with E-state index in [1.165, 1.54) is 0 Å². The van der Waals surface area contributed by atoms with Crippen LogP contribution in [0.25, 0.3) is 0 Å². The standard InChI is InChI=1S/C14H23N3O2S/c1-11(2)8-15-13(18)7-12-10-20-14(16-12)9-17-3-5-19-6-4-17/h10-11H,3-9H2,1-2H3,(H,15,18). The first-order valence-electron chi connectivity index (χ1n) is 7.13. The van der Waals surface area contributed by atoms with Gasteiger partial charge in [-0.2, -0.15) is 0 Å². The van der Waals surface area contributed by atoms with E-state index >= 15 is 0 Å². The number of aromatic nitrogens is 1. The summed E-state index contributed by atoms with van der Waals surface area (Å²) in [6.45, 7) is 9.29. The highest BCUT2D eigenvalue weighted by molar-refractivity contribution is 7.09. The summed E-state index contributed by atoms with van der Waals surface area (Å²) in [5.41, 5.74) is 0.875. The first-order valence-corrected chi connectivity index (χ1v) is 8.01. The number of amides is 1. The molecule has 0 radical (unpaired) electrons. The summed E-state index contributed by atoms with van der Waals surface area (Å²) in [6.07, 6.45) is 0.381. The van der Waals surface area contributed by atoms with E-state index in [-0.39, 0.29) is 5.91 Å². The monoisotopic (exact) mass is 297 g/mol. The van der Waals surface area contributed by atoms with E-state index in [0.717, 1.165) is 50.1 Å². The molecule has 1 aromatic rings. The van der Waals surface area contributed by atoms with Crippen LogP contribution in [0.4, 0.5) is 0 Å². The summed E-state index contributed by atoms with van der Waals surface area (Å²) in [4.78, 5) is 18.6. The third-order valence-corrected chi connectivity index (χ3v) is 3.99. The predicted octanol–water partition coefficient (Wildman–Crippen LogP) is 1.29. The lowest BCUT2D eigenvalue weighted by molar-refractivity contribution is -0.120. The molecule has 112 valence electrons. The van der Waals surface area contributed by atoms with Crippen molar-refractivity contribution in [2.75, 3.05) is 32.8 Å². The fraction of sp³-hybridized carbons (Fsp3) is 0.714. The van der Waals surface area contributed by atoms with Crippen LogP contribution in [-0.2, 0) is 22.5 Å². The highest BCUT2D eigenvalue weighted by Crippen LogP contribution is 2.13. The molecular weight excluding hydrogens is 274 g/mol. The number of carbonyl (C=O) groups is 1. The zero-order valence-corrected chi connectivity index (χ0v) is 13.0. The minimum absolute atomic E-state index is 0.0573. The van der Waals surface area contributed by atoms with Crippen molar-refractivity contribution in [2.24, 2.45) is 5.92 Å². The van der Waals surface area contributed by atoms with E-state index in [2.05, 4.69) is 29.0 Å². The molecule has 1 saturated heterocycles. The van der Waals surface area contributed by atoms with Crippen LogP contribution in [0, 0.1) is 5.92 Å². The van der Waals surface area contributed by atoms with E-state index in [9.17, 15) is 4.79 Å². The Balaban J connectivity index is 1.77. The second kappa shape index (κ2) is 7.71. The van der Waals surface area contributed by atoms with Crippen LogP contribution < -0.4 is 5.32 Å². The Morgan fingerprint density at radius 1 is 1.50 bits per heavy atom. The highest BCUT2D eigenvalue weighted by Gasteiger charge is 2.13. The van der Waals surface area contributed by atoms with Gasteiger partial charge in [0.05, 0.1) is 31.9 Å². The molecule has 1 aliphatic rings. The first kappa shape index (κ1) is 15.4. The maximum Gasteiger partial charge on any atom is 0.226 e. The summed E-state index contributed by atoms with van der Waals surface area (Å²) >= 11 is 1.64. The molecule has 6 heteroatoms. The average Bonchev–Trinajstić information content (AvgIpc) is 2.85. The van der Waals surface area contributed by atoms with Crippen LogP contribution >= 0.6 is 11.3 Å². The largest absolute Gasteiger partial charge is 0.379 e. The molecule has 1 aromatic heterocycles. The van der Waals surface area contributed by atoms with Crippen molar-refractivity contribution >= 4 is 17.2 Å². The molecule has 2 rings (SSSR count). The van der Waals surface area contributed by atoms with Gasteiger partial charge in [0.2, 0.25) is 5.91 Å². The number of thiazole rings is 1. The Morgan fingerprint density at radius 3 is 2.95 bits per heavy atom. The molecular formula is C14H23N3O2S. The maximum absolute atomic E-state index is 11.7. The van der Waals surface area contributed by atoms with Gasteiger partial charge < -0.3 is 10.1 Å². The van der Waals surface area contributed by atoms with Gasteiger partial charge >= 0.3 is 0 Å². The molecule has 0 atom stereocenters. The molecule has 2 heterocycles. The smallest absolute Gasteiger partial charge is 0.226 e. The minimum atomic E-state index is 0.0573. The summed E-state index contributed by atoms with van der Waals surface area (Å²) in [7, 11) is 0. The second-order valence-corrected chi connectivity index (χ2v) is 6.44. The van der Waals surface area contributed by atoms with Crippen molar-refractivity contribution in [2.45, 2.75) is 26.8 Å². The van der Waals surface area contributed by atoms with E-state index in [0.29, 0.717) is 12.3 Å². The van der Waals surface area contributed by atoms with Gasteiger partial charge in [0.15, 0.2) is 0 Å². The summed E-state index contributed by atoms with van der Waals surface area (Å²) in [6, 6.07) is 0. The fourth-order valence-corrected chi connectivity index (χ4v) is 2.83. The van der Waals surface area contributed by atoms with Gasteiger partial charge in [-0.15, -0.1) is 11.3 Å². The van der Waals surface area contributed by atoms with E-state index in [4.69, 9.17) is 4.74 Å². The molecule has 0 bridgehead atoms. The lowest BCUT2D eigenvalue weighted by atomic mass is 10.2. The lowest BCUT2D eigenvalue weighted by Crippen LogP contribution is -2.35. The topological polar surface area (TPSA) is 54.5 Å². The van der Waals surface area contributed by atoms with Gasteiger partial charge in [-0.1, -0.05) is 13.8 Å². The number of hydrogen-bond donors (Lipinski definition) is 1. The Morgan fingerprint density at radius 2 is 2.25 bits per heavy atom. The van der Waals surface area contributed by atoms with Gasteiger partial charge in [-0.05, 0) is 5.92 Å². The molecule has 0 spiro atoms. The molecule has 20 heavy (non-hydrogen) atoms. The molecule has 1 aliphatic heterocycles.